The molecule has 0 spiro atoms. The van der Waals surface area contributed by atoms with Gasteiger partial charge in [-0.3, -0.25) is 9.36 Å². The third-order valence-electron chi connectivity index (χ3n) is 3.26. The summed E-state index contributed by atoms with van der Waals surface area (Å²) >= 11 is 0. The van der Waals surface area contributed by atoms with Crippen molar-refractivity contribution in [1.82, 2.24) is 30.1 Å². The molecule has 0 bridgehead atoms. The molecule has 2 N–H and O–H groups in total. The van der Waals surface area contributed by atoms with E-state index in [4.69, 9.17) is 5.11 Å². The van der Waals surface area contributed by atoms with Crippen molar-refractivity contribution in [1.29, 1.82) is 0 Å². The summed E-state index contributed by atoms with van der Waals surface area (Å²) in [5.41, 5.74) is 3.21. The average molecular weight is 292 g/mol. The van der Waals surface area contributed by atoms with E-state index in [1.807, 2.05) is 17.8 Å². The summed E-state index contributed by atoms with van der Waals surface area (Å²) in [4.78, 5) is 0. The van der Waals surface area contributed by atoms with E-state index in [2.05, 4.69) is 33.7 Å². The molecule has 0 saturated carbocycles. The number of hydrogen-bond acceptors (Lipinski definition) is 5. The van der Waals surface area contributed by atoms with Gasteiger partial charge in [-0.25, -0.2) is 0 Å². The van der Waals surface area contributed by atoms with Crippen LogP contribution in [0.15, 0.2) is 12.3 Å². The van der Waals surface area contributed by atoms with Gasteiger partial charge in [-0.2, -0.15) is 5.10 Å². The van der Waals surface area contributed by atoms with Crippen molar-refractivity contribution in [2.75, 3.05) is 13.2 Å². The van der Waals surface area contributed by atoms with Crippen LogP contribution in [0.5, 0.6) is 0 Å². The lowest BCUT2D eigenvalue weighted by atomic mass is 10.3. The normalized spacial score (nSPS) is 11.2. The number of aliphatic hydroxyl groups excluding tert-OH is 1. The molecule has 2 aromatic rings. The molecule has 0 radical (unpaired) electrons. The summed E-state index contributed by atoms with van der Waals surface area (Å²) in [5, 5.41) is 24.7. The standard InChI is InChI=1S/C14H24N6O/c1-12-9-13(2)20(17-12)7-3-5-15-10-14-11-19(18-16-14)6-4-8-21/h9,11,15,21H,3-8,10H2,1-2H3. The van der Waals surface area contributed by atoms with E-state index in [-0.39, 0.29) is 6.61 Å². The highest BCUT2D eigenvalue weighted by Gasteiger charge is 2.02. The van der Waals surface area contributed by atoms with Crippen LogP contribution in [0.4, 0.5) is 0 Å². The van der Waals surface area contributed by atoms with E-state index in [9.17, 15) is 0 Å². The van der Waals surface area contributed by atoms with Crippen molar-refractivity contribution in [3.05, 3.63) is 29.3 Å². The van der Waals surface area contributed by atoms with E-state index in [0.29, 0.717) is 13.0 Å². The van der Waals surface area contributed by atoms with Gasteiger partial charge < -0.3 is 10.4 Å². The number of nitrogens with one attached hydrogen (secondary N) is 1. The zero-order valence-electron chi connectivity index (χ0n) is 12.8. The van der Waals surface area contributed by atoms with E-state index in [1.165, 1.54) is 5.69 Å². The average Bonchev–Trinajstić information content (AvgIpc) is 3.03. The molecule has 116 valence electrons. The Balaban J connectivity index is 1.63. The zero-order chi connectivity index (χ0) is 15.1. The Morgan fingerprint density at radius 1 is 1.24 bits per heavy atom. The van der Waals surface area contributed by atoms with Gasteiger partial charge in [0.2, 0.25) is 0 Å². The SMILES string of the molecule is Cc1cc(C)n(CCCNCc2cn(CCCO)nn2)n1. The second-order valence-electron chi connectivity index (χ2n) is 5.23. The van der Waals surface area contributed by atoms with E-state index in [1.54, 1.807) is 4.68 Å². The second-order valence-corrected chi connectivity index (χ2v) is 5.23. The molecule has 2 aromatic heterocycles. The van der Waals surface area contributed by atoms with Crippen molar-refractivity contribution in [3.8, 4) is 0 Å². The maximum Gasteiger partial charge on any atom is 0.0964 e. The maximum atomic E-state index is 8.77. The fourth-order valence-electron chi connectivity index (χ4n) is 2.23. The van der Waals surface area contributed by atoms with Crippen molar-refractivity contribution >= 4 is 0 Å². The van der Waals surface area contributed by atoms with Crippen LogP contribution >= 0.6 is 0 Å². The minimum Gasteiger partial charge on any atom is -0.396 e. The third-order valence-corrected chi connectivity index (χ3v) is 3.26. The molecule has 0 aliphatic heterocycles. The van der Waals surface area contributed by atoms with E-state index < -0.39 is 0 Å². The first-order valence-electron chi connectivity index (χ1n) is 7.40. The maximum absolute atomic E-state index is 8.77. The lowest BCUT2D eigenvalue weighted by Gasteiger charge is -2.05. The van der Waals surface area contributed by atoms with Crippen molar-refractivity contribution in [2.24, 2.45) is 0 Å². The molecule has 0 aliphatic carbocycles. The van der Waals surface area contributed by atoms with E-state index in [0.717, 1.165) is 37.4 Å². The number of hydrogen-bond donors (Lipinski definition) is 2. The fourth-order valence-corrected chi connectivity index (χ4v) is 2.23. The highest BCUT2D eigenvalue weighted by atomic mass is 16.3. The number of nitrogens with zero attached hydrogens (tertiary/aromatic N) is 5. The minimum atomic E-state index is 0.180. The van der Waals surface area contributed by atoms with Gasteiger partial charge in [0, 0.05) is 38.1 Å². The lowest BCUT2D eigenvalue weighted by Crippen LogP contribution is -2.17. The third kappa shape index (κ3) is 4.95. The first-order valence-corrected chi connectivity index (χ1v) is 7.40. The molecule has 0 fully saturated rings. The van der Waals surface area contributed by atoms with Gasteiger partial charge in [-0.15, -0.1) is 5.10 Å². The molecular formula is C14H24N6O. The Kier molecular flexibility index (Phi) is 5.89. The van der Waals surface area contributed by atoms with E-state index >= 15 is 0 Å². The van der Waals surface area contributed by atoms with Crippen molar-refractivity contribution < 1.29 is 5.11 Å². The van der Waals surface area contributed by atoms with Crippen LogP contribution < -0.4 is 5.32 Å². The molecule has 2 rings (SSSR count). The van der Waals surface area contributed by atoms with Crippen molar-refractivity contribution in [3.63, 3.8) is 0 Å². The summed E-state index contributed by atoms with van der Waals surface area (Å²) in [5.74, 6) is 0. The topological polar surface area (TPSA) is 80.8 Å². The highest BCUT2D eigenvalue weighted by Crippen LogP contribution is 2.02. The summed E-state index contributed by atoms with van der Waals surface area (Å²) in [6.45, 7) is 7.55. The summed E-state index contributed by atoms with van der Waals surface area (Å²) in [6.07, 6.45) is 3.66. The minimum absolute atomic E-state index is 0.180. The molecule has 0 aliphatic rings. The zero-order valence-corrected chi connectivity index (χ0v) is 12.8. The molecule has 21 heavy (non-hydrogen) atoms. The second kappa shape index (κ2) is 7.90. The van der Waals surface area contributed by atoms with Gasteiger partial charge in [0.25, 0.3) is 0 Å². The van der Waals surface area contributed by atoms with Gasteiger partial charge in [0.05, 0.1) is 11.4 Å². The van der Waals surface area contributed by atoms with Crippen LogP contribution in [-0.2, 0) is 19.6 Å². The molecule has 0 unspecified atom stereocenters. The van der Waals surface area contributed by atoms with Gasteiger partial charge >= 0.3 is 0 Å². The quantitative estimate of drug-likeness (QED) is 0.663. The fraction of sp³-hybridized carbons (Fsp3) is 0.643. The first-order chi connectivity index (χ1) is 10.2. The van der Waals surface area contributed by atoms with Crippen LogP contribution in [0.2, 0.25) is 0 Å². The van der Waals surface area contributed by atoms with Gasteiger partial charge in [0.1, 0.15) is 0 Å². The first kappa shape index (κ1) is 15.7. The van der Waals surface area contributed by atoms with Crippen LogP contribution in [0.3, 0.4) is 0 Å². The Bertz CT molecular complexity index is 547. The van der Waals surface area contributed by atoms with Crippen LogP contribution in [0.1, 0.15) is 29.9 Å². The molecule has 2 heterocycles. The largest absolute Gasteiger partial charge is 0.396 e. The molecule has 0 amide bonds. The van der Waals surface area contributed by atoms with Gasteiger partial charge in [0.15, 0.2) is 0 Å². The van der Waals surface area contributed by atoms with Crippen LogP contribution in [0.25, 0.3) is 0 Å². The summed E-state index contributed by atoms with van der Waals surface area (Å²) in [7, 11) is 0. The highest BCUT2D eigenvalue weighted by molar-refractivity contribution is 5.06. The van der Waals surface area contributed by atoms with Gasteiger partial charge in [-0.05, 0) is 39.3 Å². The molecule has 0 saturated heterocycles. The van der Waals surface area contributed by atoms with Crippen LogP contribution in [-0.4, -0.2) is 43.0 Å². The number of aromatic nitrogens is 5. The summed E-state index contributed by atoms with van der Waals surface area (Å²) in [6, 6.07) is 2.10. The Labute approximate surface area is 125 Å². The molecule has 0 aromatic carbocycles. The number of aryl methyl sites for hydroxylation is 4. The Morgan fingerprint density at radius 3 is 2.81 bits per heavy atom. The van der Waals surface area contributed by atoms with Crippen LogP contribution in [0, 0.1) is 13.8 Å². The monoisotopic (exact) mass is 292 g/mol. The molecule has 7 heteroatoms. The molecular weight excluding hydrogens is 268 g/mol. The predicted octanol–water partition coefficient (Wildman–Crippen LogP) is 0.654. The molecule has 0 atom stereocenters. The Morgan fingerprint density at radius 2 is 2.10 bits per heavy atom. The van der Waals surface area contributed by atoms with Crippen molar-refractivity contribution in [2.45, 2.75) is 46.3 Å². The lowest BCUT2D eigenvalue weighted by molar-refractivity contribution is 0.276. The smallest absolute Gasteiger partial charge is 0.0964 e. The van der Waals surface area contributed by atoms with Gasteiger partial charge in [-0.1, -0.05) is 5.21 Å². The number of rotatable bonds is 9. The molecule has 7 nitrogen and oxygen atoms in total. The predicted molar refractivity (Wildman–Crippen MR) is 79.7 cm³/mol. The number of aliphatic hydroxyl groups is 1. The summed E-state index contributed by atoms with van der Waals surface area (Å²) < 4.78 is 3.81. The Hall–Kier alpha value is -1.73.